The van der Waals surface area contributed by atoms with Crippen molar-refractivity contribution in [2.24, 2.45) is 5.73 Å². The summed E-state index contributed by atoms with van der Waals surface area (Å²) in [6.07, 6.45) is 0.511. The van der Waals surface area contributed by atoms with Gasteiger partial charge in [-0.05, 0) is 26.0 Å². The van der Waals surface area contributed by atoms with Crippen LogP contribution in [-0.2, 0) is 6.42 Å². The molecule has 2 aromatic rings. The van der Waals surface area contributed by atoms with Gasteiger partial charge in [0.2, 0.25) is 0 Å². The third kappa shape index (κ3) is 2.93. The van der Waals surface area contributed by atoms with Crippen molar-refractivity contribution in [2.45, 2.75) is 26.3 Å². The van der Waals surface area contributed by atoms with Crippen molar-refractivity contribution in [3.05, 3.63) is 45.2 Å². The fourth-order valence-corrected chi connectivity index (χ4v) is 2.96. The van der Waals surface area contributed by atoms with Crippen LogP contribution in [0.25, 0.3) is 0 Å². The molecule has 1 unspecified atom stereocenters. The predicted octanol–water partition coefficient (Wildman–Crippen LogP) is 3.15. The van der Waals surface area contributed by atoms with Gasteiger partial charge in [-0.1, -0.05) is 6.07 Å². The normalized spacial score (nSPS) is 12.5. The molecule has 0 spiro atoms. The smallest absolute Gasteiger partial charge is 0.131 e. The molecule has 1 heterocycles. The average Bonchev–Trinajstić information content (AvgIpc) is 2.67. The third-order valence-electron chi connectivity index (χ3n) is 3.07. The van der Waals surface area contributed by atoms with Crippen LogP contribution in [0, 0.1) is 19.7 Å². The monoisotopic (exact) mass is 280 g/mol. The zero-order valence-electron chi connectivity index (χ0n) is 11.2. The molecule has 0 amide bonds. The van der Waals surface area contributed by atoms with Crippen LogP contribution in [0.1, 0.15) is 27.2 Å². The lowest BCUT2D eigenvalue weighted by atomic mass is 10.0. The molecule has 0 aliphatic rings. The van der Waals surface area contributed by atoms with Crippen LogP contribution in [-0.4, -0.2) is 12.1 Å². The van der Waals surface area contributed by atoms with Crippen LogP contribution in [0.3, 0.4) is 0 Å². The van der Waals surface area contributed by atoms with Crippen LogP contribution in [0.4, 0.5) is 4.39 Å². The minimum atomic E-state index is -0.457. The average molecular weight is 280 g/mol. The molecule has 1 aromatic carbocycles. The van der Waals surface area contributed by atoms with Crippen molar-refractivity contribution in [3.8, 4) is 5.75 Å². The van der Waals surface area contributed by atoms with Gasteiger partial charge in [0.05, 0.1) is 17.8 Å². The Morgan fingerprint density at radius 3 is 2.74 bits per heavy atom. The standard InChI is InChI=1S/C14H17FN2OS/c1-8-9(2)19-13(17-8)7-11(16)14-10(15)5-4-6-12(14)18-3/h4-6,11H,7,16H2,1-3H3. The van der Waals surface area contributed by atoms with E-state index in [4.69, 9.17) is 10.5 Å². The number of aryl methyl sites for hydroxylation is 2. The molecule has 0 fully saturated rings. The molecular weight excluding hydrogens is 263 g/mol. The van der Waals surface area contributed by atoms with E-state index >= 15 is 0 Å². The predicted molar refractivity (Wildman–Crippen MR) is 75.2 cm³/mol. The van der Waals surface area contributed by atoms with Crippen molar-refractivity contribution in [1.82, 2.24) is 4.98 Å². The Hall–Kier alpha value is -1.46. The Labute approximate surface area is 116 Å². The van der Waals surface area contributed by atoms with Crippen LogP contribution < -0.4 is 10.5 Å². The highest BCUT2D eigenvalue weighted by molar-refractivity contribution is 7.11. The van der Waals surface area contributed by atoms with Crippen molar-refractivity contribution in [3.63, 3.8) is 0 Å². The number of hydrogen-bond donors (Lipinski definition) is 1. The topological polar surface area (TPSA) is 48.1 Å². The SMILES string of the molecule is COc1cccc(F)c1C(N)Cc1nc(C)c(C)s1. The van der Waals surface area contributed by atoms with E-state index in [-0.39, 0.29) is 5.82 Å². The number of halogens is 1. The lowest BCUT2D eigenvalue weighted by Gasteiger charge is -2.15. The summed E-state index contributed by atoms with van der Waals surface area (Å²) in [5.74, 6) is 0.148. The van der Waals surface area contributed by atoms with E-state index in [1.165, 1.54) is 18.1 Å². The van der Waals surface area contributed by atoms with Crippen LogP contribution in [0.15, 0.2) is 18.2 Å². The molecule has 2 rings (SSSR count). The Kier molecular flexibility index (Phi) is 4.17. The second-order valence-corrected chi connectivity index (χ2v) is 5.70. The first-order valence-electron chi connectivity index (χ1n) is 6.03. The van der Waals surface area contributed by atoms with E-state index in [1.54, 1.807) is 23.5 Å². The molecular formula is C14H17FN2OS. The Morgan fingerprint density at radius 2 is 2.16 bits per heavy atom. The molecule has 5 heteroatoms. The van der Waals surface area contributed by atoms with Crippen molar-refractivity contribution in [1.29, 1.82) is 0 Å². The van der Waals surface area contributed by atoms with Gasteiger partial charge in [0, 0.05) is 22.9 Å². The fourth-order valence-electron chi connectivity index (χ4n) is 1.97. The maximum atomic E-state index is 13.9. The van der Waals surface area contributed by atoms with E-state index in [1.807, 2.05) is 13.8 Å². The Balaban J connectivity index is 2.27. The van der Waals surface area contributed by atoms with Gasteiger partial charge in [0.1, 0.15) is 11.6 Å². The number of nitrogens with zero attached hydrogens (tertiary/aromatic N) is 1. The van der Waals surface area contributed by atoms with Crippen molar-refractivity contribution in [2.75, 3.05) is 7.11 Å². The molecule has 0 saturated carbocycles. The molecule has 0 saturated heterocycles. The molecule has 0 aliphatic carbocycles. The number of nitrogens with two attached hydrogens (primary N) is 1. The van der Waals surface area contributed by atoms with Crippen molar-refractivity contribution >= 4 is 11.3 Å². The summed E-state index contributed by atoms with van der Waals surface area (Å²) in [5.41, 5.74) is 7.53. The van der Waals surface area contributed by atoms with Crippen molar-refractivity contribution < 1.29 is 9.13 Å². The minimum absolute atomic E-state index is 0.336. The van der Waals surface area contributed by atoms with Gasteiger partial charge < -0.3 is 10.5 Å². The number of methoxy groups -OCH3 is 1. The minimum Gasteiger partial charge on any atom is -0.496 e. The number of thiazole rings is 1. The molecule has 3 nitrogen and oxygen atoms in total. The Bertz CT molecular complexity index is 563. The lowest BCUT2D eigenvalue weighted by molar-refractivity contribution is 0.398. The highest BCUT2D eigenvalue weighted by atomic mass is 32.1. The first-order valence-corrected chi connectivity index (χ1v) is 6.85. The van der Waals surface area contributed by atoms with Gasteiger partial charge in [0.25, 0.3) is 0 Å². The van der Waals surface area contributed by atoms with E-state index in [0.29, 0.717) is 17.7 Å². The fraction of sp³-hybridized carbons (Fsp3) is 0.357. The maximum Gasteiger partial charge on any atom is 0.131 e. The quantitative estimate of drug-likeness (QED) is 0.936. The summed E-state index contributed by atoms with van der Waals surface area (Å²) in [5, 5.41) is 0.924. The molecule has 102 valence electrons. The van der Waals surface area contributed by atoms with E-state index in [2.05, 4.69) is 4.98 Å². The van der Waals surface area contributed by atoms with Gasteiger partial charge >= 0.3 is 0 Å². The van der Waals surface area contributed by atoms with Gasteiger partial charge in [-0.3, -0.25) is 0 Å². The first-order chi connectivity index (χ1) is 9.02. The molecule has 19 heavy (non-hydrogen) atoms. The molecule has 0 aliphatic heterocycles. The van der Waals surface area contributed by atoms with Crippen LogP contribution in [0.2, 0.25) is 0 Å². The van der Waals surface area contributed by atoms with Gasteiger partial charge in [0.15, 0.2) is 0 Å². The van der Waals surface area contributed by atoms with Gasteiger partial charge in [-0.2, -0.15) is 0 Å². The number of rotatable bonds is 4. The third-order valence-corrected chi connectivity index (χ3v) is 4.17. The summed E-state index contributed by atoms with van der Waals surface area (Å²) in [6, 6.07) is 4.27. The largest absolute Gasteiger partial charge is 0.496 e. The summed E-state index contributed by atoms with van der Waals surface area (Å²) in [4.78, 5) is 5.61. The number of benzene rings is 1. The second kappa shape index (κ2) is 5.67. The van der Waals surface area contributed by atoms with E-state index < -0.39 is 6.04 Å². The lowest BCUT2D eigenvalue weighted by Crippen LogP contribution is -2.16. The first kappa shape index (κ1) is 14.0. The molecule has 0 bridgehead atoms. The zero-order chi connectivity index (χ0) is 14.0. The van der Waals surface area contributed by atoms with E-state index in [0.717, 1.165) is 10.7 Å². The molecule has 1 aromatic heterocycles. The summed E-state index contributed by atoms with van der Waals surface area (Å²) < 4.78 is 19.1. The summed E-state index contributed by atoms with van der Waals surface area (Å²) in [6.45, 7) is 3.98. The van der Waals surface area contributed by atoms with E-state index in [9.17, 15) is 4.39 Å². The number of aromatic nitrogens is 1. The highest BCUT2D eigenvalue weighted by Gasteiger charge is 2.19. The Morgan fingerprint density at radius 1 is 1.42 bits per heavy atom. The van der Waals surface area contributed by atoms with Gasteiger partial charge in [-0.25, -0.2) is 9.37 Å². The summed E-state index contributed by atoms with van der Waals surface area (Å²) >= 11 is 1.60. The van der Waals surface area contributed by atoms with Gasteiger partial charge in [-0.15, -0.1) is 11.3 Å². The zero-order valence-corrected chi connectivity index (χ0v) is 12.1. The number of hydrogen-bond acceptors (Lipinski definition) is 4. The highest BCUT2D eigenvalue weighted by Crippen LogP contribution is 2.30. The molecule has 1 atom stereocenters. The van der Waals surface area contributed by atoms with Crippen LogP contribution >= 0.6 is 11.3 Å². The molecule has 0 radical (unpaired) electrons. The second-order valence-electron chi connectivity index (χ2n) is 4.42. The van der Waals surface area contributed by atoms with Crippen LogP contribution in [0.5, 0.6) is 5.75 Å². The summed E-state index contributed by atoms with van der Waals surface area (Å²) in [7, 11) is 1.52. The maximum absolute atomic E-state index is 13.9. The number of ether oxygens (including phenoxy) is 1. The molecule has 2 N–H and O–H groups in total.